The van der Waals surface area contributed by atoms with E-state index in [-0.39, 0.29) is 209 Å². The summed E-state index contributed by atoms with van der Waals surface area (Å²) in [6.07, 6.45) is -3.58. The molecule has 1 aliphatic carbocycles. The van der Waals surface area contributed by atoms with Crippen molar-refractivity contribution in [3.05, 3.63) is 39.9 Å². The van der Waals surface area contributed by atoms with Gasteiger partial charge in [-0.05, 0) is 49.6 Å². The number of carboxylic acids is 5. The number of carboxylic acid groups (broad SMARTS) is 5. The molecule has 1 aromatic carbocycles. The van der Waals surface area contributed by atoms with Crippen molar-refractivity contribution in [2.24, 2.45) is 9.98 Å². The topological polar surface area (TPSA) is 352 Å². The van der Waals surface area contributed by atoms with Gasteiger partial charge < -0.3 is 79.7 Å². The molecule has 0 bridgehead atoms. The van der Waals surface area contributed by atoms with Crippen LogP contribution in [-0.2, 0) is 24.0 Å². The van der Waals surface area contributed by atoms with Crippen molar-refractivity contribution in [3.63, 3.8) is 0 Å². The number of benzene rings is 1. The maximum atomic E-state index is 15.5. The molecule has 1 amide bonds. The molecule has 2 aliphatic rings. The molecule has 4 N–H and O–H groups in total. The minimum Gasteiger partial charge on any atom is -0.862 e. The number of anilines is 1. The molecule has 3 atom stereocenters. The predicted octanol–water partition coefficient (Wildman–Crippen LogP) is -21.1. The molecular formula is C34H35FN5Na5O16. The third-order valence-corrected chi connectivity index (χ3v) is 9.26. The van der Waals surface area contributed by atoms with Crippen LogP contribution >= 0.6 is 0 Å². The number of aromatic nitrogens is 1. The Labute approximate surface area is 456 Å². The number of aliphatic hydroxyl groups is 2. The molecule has 4 rings (SSSR count). The second kappa shape index (κ2) is 26.7. The van der Waals surface area contributed by atoms with Crippen molar-refractivity contribution in [1.29, 1.82) is 0 Å². The summed E-state index contributed by atoms with van der Waals surface area (Å²) in [6.45, 7) is -0.677. The summed E-state index contributed by atoms with van der Waals surface area (Å²) in [7, 11) is 0. The van der Waals surface area contributed by atoms with Crippen LogP contribution in [0.4, 0.5) is 10.1 Å². The molecule has 2 heterocycles. The number of piperazine rings is 1. The second-order valence-corrected chi connectivity index (χ2v) is 13.5. The predicted molar refractivity (Wildman–Crippen MR) is 176 cm³/mol. The number of aliphatic carboxylic acids is 4. The van der Waals surface area contributed by atoms with Crippen LogP contribution in [0.3, 0.4) is 0 Å². The van der Waals surface area contributed by atoms with Gasteiger partial charge >= 0.3 is 160 Å². The monoisotopic (exact) mass is 903 g/mol. The van der Waals surface area contributed by atoms with Crippen molar-refractivity contribution < 1.29 is 227 Å². The minimum absolute atomic E-state index is 0. The SMILES string of the molecule is O=C([O-])CC(O)(CC([O-])=NCCC[C@@H](N=C([O-])CC(O)(CC(=O)[O-])C(=O)O)C(=O)N1CCN(c2cc3c(cc2F)c(=O)c(C(=O)[O-])cn3C2CC2)CC1)C(=O)O.[Na+].[Na+].[Na+].[Na+].[Na+]. The molecule has 27 heteroatoms. The van der Waals surface area contributed by atoms with E-state index in [2.05, 4.69) is 9.98 Å². The number of halogens is 1. The van der Waals surface area contributed by atoms with Gasteiger partial charge in [-0.2, -0.15) is 0 Å². The Balaban J connectivity index is 0. The van der Waals surface area contributed by atoms with Gasteiger partial charge in [0.25, 0.3) is 0 Å². The largest absolute Gasteiger partial charge is 1.00 e. The number of hydrogen-bond acceptors (Lipinski definition) is 17. The summed E-state index contributed by atoms with van der Waals surface area (Å²) in [4.78, 5) is 92.9. The molecule has 1 saturated heterocycles. The first-order chi connectivity index (χ1) is 26.2. The zero-order valence-electron chi connectivity index (χ0n) is 34.4. The van der Waals surface area contributed by atoms with Crippen LogP contribution in [0.1, 0.15) is 67.8 Å². The van der Waals surface area contributed by atoms with Crippen LogP contribution in [0, 0.1) is 5.82 Å². The van der Waals surface area contributed by atoms with E-state index in [1.165, 1.54) is 11.0 Å². The Morgan fingerprint density at radius 3 is 1.75 bits per heavy atom. The molecule has 1 saturated carbocycles. The standard InChI is InChI=1S/C34H40FN5O16.5Na/c35-20-10-18-22(40(17-3-4-17)16-19(28(18)47)30(49)50)11-23(20)38-6-8-39(9-7-38)29(48)21(37-25(42)13-34(56,32(53)54)15-27(45)46)2-1-5-36-24(41)12-33(55,31(51)52)14-26(43)44;;;;;/h10-11,16-17,21,55-56H,1-9,12-15H2,(H,36,41)(H,37,42)(H,43,44)(H,45,46)(H,49,50)(H,51,52)(H,53,54);;;;;/q;5*+1/p-5/t21-,33?,34?;;;;;/m1...../s1. The summed E-state index contributed by atoms with van der Waals surface area (Å²) < 4.78 is 17.1. The Bertz CT molecular complexity index is 2060. The molecule has 2 aromatic rings. The fourth-order valence-electron chi connectivity index (χ4n) is 6.19. The second-order valence-electron chi connectivity index (χ2n) is 13.5. The van der Waals surface area contributed by atoms with E-state index in [9.17, 15) is 74.4 Å². The number of amides is 1. The first-order valence-electron chi connectivity index (χ1n) is 17.0. The third kappa shape index (κ3) is 16.7. The molecular weight excluding hydrogens is 868 g/mol. The Morgan fingerprint density at radius 1 is 0.787 bits per heavy atom. The number of carbonyl (C=O) groups excluding carboxylic acids is 4. The van der Waals surface area contributed by atoms with Gasteiger partial charge in [-0.1, -0.05) is 0 Å². The van der Waals surface area contributed by atoms with E-state index in [0.29, 0.717) is 12.8 Å². The normalized spacial score (nSPS) is 16.4. The number of nitrogens with zero attached hydrogens (tertiary/aromatic N) is 5. The zero-order valence-corrected chi connectivity index (χ0v) is 44.4. The molecule has 0 radical (unpaired) electrons. The smallest absolute Gasteiger partial charge is 0.862 e. The van der Waals surface area contributed by atoms with E-state index >= 15 is 4.39 Å². The summed E-state index contributed by atoms with van der Waals surface area (Å²) in [6, 6.07) is 0.580. The van der Waals surface area contributed by atoms with E-state index in [4.69, 9.17) is 5.11 Å². The van der Waals surface area contributed by atoms with Gasteiger partial charge in [-0.15, -0.1) is 0 Å². The van der Waals surface area contributed by atoms with Crippen molar-refractivity contribution in [1.82, 2.24) is 9.47 Å². The fraction of sp³-hybridized carbons (Fsp3) is 0.500. The average molecular weight is 904 g/mol. The molecule has 61 heavy (non-hydrogen) atoms. The fourth-order valence-corrected chi connectivity index (χ4v) is 6.19. The van der Waals surface area contributed by atoms with Crippen LogP contribution in [-0.4, -0.2) is 127 Å². The third-order valence-electron chi connectivity index (χ3n) is 9.26. The Kier molecular flexibility index (Phi) is 27.1. The van der Waals surface area contributed by atoms with Crippen molar-refractivity contribution >= 4 is 64.1 Å². The Hall–Kier alpha value is -1.16. The number of pyridine rings is 1. The maximum absolute atomic E-state index is 15.5. The van der Waals surface area contributed by atoms with Crippen LogP contribution in [0.15, 0.2) is 33.1 Å². The van der Waals surface area contributed by atoms with Gasteiger partial charge in [0.2, 0.25) is 5.91 Å². The van der Waals surface area contributed by atoms with Crippen LogP contribution in [0.25, 0.3) is 10.9 Å². The summed E-state index contributed by atoms with van der Waals surface area (Å²) in [5.41, 5.74) is -7.38. The van der Waals surface area contributed by atoms with Crippen LogP contribution in [0.2, 0.25) is 0 Å². The van der Waals surface area contributed by atoms with Crippen molar-refractivity contribution in [2.45, 2.75) is 74.7 Å². The maximum Gasteiger partial charge on any atom is 1.00 e. The minimum atomic E-state index is -3.15. The van der Waals surface area contributed by atoms with Crippen molar-refractivity contribution in [2.75, 3.05) is 37.6 Å². The van der Waals surface area contributed by atoms with E-state index in [1.807, 2.05) is 0 Å². The quantitative estimate of drug-likeness (QED) is 0.0440. The molecule has 2 unspecified atom stereocenters. The first-order valence-corrected chi connectivity index (χ1v) is 17.0. The van der Waals surface area contributed by atoms with Crippen LogP contribution < -0.4 is 184 Å². The summed E-state index contributed by atoms with van der Waals surface area (Å²) in [5.74, 6) is -14.1. The molecule has 1 aromatic heterocycles. The van der Waals surface area contributed by atoms with Gasteiger partial charge in [0.15, 0.2) is 16.6 Å². The molecule has 1 aliphatic heterocycles. The van der Waals surface area contributed by atoms with E-state index in [1.54, 1.807) is 9.47 Å². The average Bonchev–Trinajstić information content (AvgIpc) is 3.94. The van der Waals surface area contributed by atoms with Crippen molar-refractivity contribution in [3.8, 4) is 0 Å². The van der Waals surface area contributed by atoms with Gasteiger partial charge in [0, 0.05) is 88.0 Å². The summed E-state index contributed by atoms with van der Waals surface area (Å²) >= 11 is 0. The number of carbonyl (C=O) groups is 6. The number of aliphatic imine (C=N–C) groups is 2. The first kappa shape index (κ1) is 61.9. The number of aromatic carboxylic acids is 1. The summed E-state index contributed by atoms with van der Waals surface area (Å²) in [5, 5.41) is 97.2. The van der Waals surface area contributed by atoms with Gasteiger partial charge in [0.05, 0.1) is 22.7 Å². The molecule has 21 nitrogen and oxygen atoms in total. The van der Waals surface area contributed by atoms with Crippen LogP contribution in [0.5, 0.6) is 0 Å². The van der Waals surface area contributed by atoms with E-state index < -0.39 is 114 Å². The molecule has 304 valence electrons. The Morgan fingerprint density at radius 2 is 1.30 bits per heavy atom. The number of fused-ring (bicyclic) bond motifs is 1. The van der Waals surface area contributed by atoms with Gasteiger partial charge in [-0.3, -0.25) is 14.6 Å². The number of hydrogen-bond donors (Lipinski definition) is 4. The van der Waals surface area contributed by atoms with Gasteiger partial charge in [-0.25, -0.2) is 14.0 Å². The molecule has 2 fully saturated rings. The number of rotatable bonds is 19. The van der Waals surface area contributed by atoms with Gasteiger partial charge in [0.1, 0.15) is 11.9 Å². The molecule has 0 spiro atoms. The van der Waals surface area contributed by atoms with E-state index in [0.717, 1.165) is 12.3 Å². The zero-order chi connectivity index (χ0) is 41.7.